The van der Waals surface area contributed by atoms with Gasteiger partial charge in [0.15, 0.2) is 0 Å². The van der Waals surface area contributed by atoms with Crippen LogP contribution in [0.2, 0.25) is 0 Å². The van der Waals surface area contributed by atoms with E-state index in [2.05, 4.69) is 20.8 Å². The Morgan fingerprint density at radius 2 is 1.30 bits per heavy atom. The van der Waals surface area contributed by atoms with E-state index in [1.165, 1.54) is 6.42 Å². The maximum atomic E-state index is 9.38. The summed E-state index contributed by atoms with van der Waals surface area (Å²) in [5.74, 6) is 0. The molecule has 0 aromatic rings. The van der Waals surface area contributed by atoms with Crippen molar-refractivity contribution in [2.75, 3.05) is 46.2 Å². The van der Waals surface area contributed by atoms with Crippen LogP contribution in [0.25, 0.3) is 0 Å². The molecule has 0 aliphatic rings. The summed E-state index contributed by atoms with van der Waals surface area (Å²) in [5, 5.41) is 9.38. The Hall–Kier alpha value is -0.160. The normalized spacial score (nSPS) is 14.4. The van der Waals surface area contributed by atoms with Crippen molar-refractivity contribution in [1.82, 2.24) is 0 Å². The first kappa shape index (κ1) is 19.8. The molecule has 0 aromatic carbocycles. The first-order chi connectivity index (χ1) is 9.68. The van der Waals surface area contributed by atoms with Crippen molar-refractivity contribution in [3.8, 4) is 0 Å². The second-order valence-corrected chi connectivity index (χ2v) is 5.66. The van der Waals surface area contributed by atoms with Crippen molar-refractivity contribution < 1.29 is 19.3 Å². The highest BCUT2D eigenvalue weighted by Crippen LogP contribution is 2.26. The van der Waals surface area contributed by atoms with Crippen molar-refractivity contribution in [3.63, 3.8) is 0 Å². The molecule has 0 rings (SSSR count). The fourth-order valence-electron chi connectivity index (χ4n) is 1.99. The minimum atomic E-state index is 0.00270. The smallest absolute Gasteiger partial charge is 0.0701 e. The number of ether oxygens (including phenoxy) is 3. The highest BCUT2D eigenvalue weighted by molar-refractivity contribution is 4.72. The largest absolute Gasteiger partial charge is 0.396 e. The fourth-order valence-corrected chi connectivity index (χ4v) is 1.99. The predicted molar refractivity (Wildman–Crippen MR) is 82.1 cm³/mol. The van der Waals surface area contributed by atoms with Crippen molar-refractivity contribution in [3.05, 3.63) is 0 Å². The molecule has 0 spiro atoms. The minimum absolute atomic E-state index is 0.00270. The first-order valence-electron chi connectivity index (χ1n) is 8.02. The van der Waals surface area contributed by atoms with E-state index in [1.807, 2.05) is 0 Å². The molecule has 0 aliphatic heterocycles. The van der Waals surface area contributed by atoms with Crippen LogP contribution in [-0.4, -0.2) is 51.4 Å². The summed E-state index contributed by atoms with van der Waals surface area (Å²) in [6.45, 7) is 10.7. The molecule has 0 saturated heterocycles. The second-order valence-electron chi connectivity index (χ2n) is 5.66. The van der Waals surface area contributed by atoms with E-state index < -0.39 is 0 Å². The topological polar surface area (TPSA) is 47.9 Å². The monoisotopic (exact) mass is 290 g/mol. The molecule has 0 radical (unpaired) electrons. The van der Waals surface area contributed by atoms with Gasteiger partial charge in [0.25, 0.3) is 0 Å². The van der Waals surface area contributed by atoms with Crippen LogP contribution in [0.3, 0.4) is 0 Å². The lowest BCUT2D eigenvalue weighted by molar-refractivity contribution is 0.00369. The highest BCUT2D eigenvalue weighted by atomic mass is 16.5. The average Bonchev–Trinajstić information content (AvgIpc) is 2.45. The van der Waals surface area contributed by atoms with E-state index in [0.29, 0.717) is 33.0 Å². The van der Waals surface area contributed by atoms with Gasteiger partial charge in [0.2, 0.25) is 0 Å². The zero-order valence-electron chi connectivity index (χ0n) is 13.7. The molecule has 0 bridgehead atoms. The quantitative estimate of drug-likeness (QED) is 0.471. The molecule has 0 aliphatic carbocycles. The Bertz CT molecular complexity index is 199. The molecule has 1 unspecified atom stereocenters. The summed E-state index contributed by atoms with van der Waals surface area (Å²) >= 11 is 0. The number of aliphatic hydroxyl groups is 1. The third kappa shape index (κ3) is 11.6. The molecule has 0 heterocycles. The number of unbranched alkanes of at least 4 members (excludes halogenated alkanes) is 1. The van der Waals surface area contributed by atoms with Gasteiger partial charge in [-0.2, -0.15) is 0 Å². The summed E-state index contributed by atoms with van der Waals surface area (Å²) in [5.41, 5.74) is 0.00270. The summed E-state index contributed by atoms with van der Waals surface area (Å²) < 4.78 is 16.4. The minimum Gasteiger partial charge on any atom is -0.396 e. The van der Waals surface area contributed by atoms with Crippen LogP contribution in [0.4, 0.5) is 0 Å². The lowest BCUT2D eigenvalue weighted by Gasteiger charge is -2.26. The molecule has 4 nitrogen and oxygen atoms in total. The van der Waals surface area contributed by atoms with Crippen molar-refractivity contribution in [1.29, 1.82) is 0 Å². The Kier molecular flexibility index (Phi) is 13.7. The van der Waals surface area contributed by atoms with E-state index in [0.717, 1.165) is 32.3 Å². The number of hydrogen-bond acceptors (Lipinski definition) is 4. The Morgan fingerprint density at radius 3 is 1.80 bits per heavy atom. The molecule has 4 heteroatoms. The Morgan fingerprint density at radius 1 is 0.750 bits per heavy atom. The third-order valence-electron chi connectivity index (χ3n) is 3.47. The molecule has 0 fully saturated rings. The molecular weight excluding hydrogens is 256 g/mol. The summed E-state index contributed by atoms with van der Waals surface area (Å²) in [6.07, 6.45) is 5.32. The van der Waals surface area contributed by atoms with Crippen LogP contribution in [0.1, 0.15) is 52.9 Å². The second kappa shape index (κ2) is 13.8. The zero-order chi connectivity index (χ0) is 15.1. The number of rotatable bonds is 15. The first-order valence-corrected chi connectivity index (χ1v) is 8.02. The lowest BCUT2D eigenvalue weighted by atomic mass is 9.83. The standard InChI is InChI=1S/C16H34O4/c1-4-6-9-18-11-13-20-14-12-19-10-8-16(3,15-17)7-5-2/h17H,4-15H2,1-3H3. The van der Waals surface area contributed by atoms with Crippen LogP contribution in [-0.2, 0) is 14.2 Å². The highest BCUT2D eigenvalue weighted by Gasteiger charge is 2.21. The summed E-state index contributed by atoms with van der Waals surface area (Å²) in [6, 6.07) is 0. The Balaban J connectivity index is 3.27. The zero-order valence-corrected chi connectivity index (χ0v) is 13.7. The summed E-state index contributed by atoms with van der Waals surface area (Å²) in [7, 11) is 0. The predicted octanol–water partition coefficient (Wildman–Crippen LogP) is 3.03. The van der Waals surface area contributed by atoms with Crippen molar-refractivity contribution in [2.24, 2.45) is 5.41 Å². The average molecular weight is 290 g/mol. The van der Waals surface area contributed by atoms with Gasteiger partial charge in [0.05, 0.1) is 26.4 Å². The molecule has 1 atom stereocenters. The fraction of sp³-hybridized carbons (Fsp3) is 1.00. The SMILES string of the molecule is CCCCOCCOCCOCCC(C)(CO)CCC. The molecular formula is C16H34O4. The Labute approximate surface area is 124 Å². The van der Waals surface area contributed by atoms with E-state index in [-0.39, 0.29) is 12.0 Å². The van der Waals surface area contributed by atoms with E-state index in [9.17, 15) is 5.11 Å². The summed E-state index contributed by atoms with van der Waals surface area (Å²) in [4.78, 5) is 0. The van der Waals surface area contributed by atoms with Gasteiger partial charge in [0.1, 0.15) is 0 Å². The van der Waals surface area contributed by atoms with Gasteiger partial charge < -0.3 is 19.3 Å². The maximum absolute atomic E-state index is 9.38. The van der Waals surface area contributed by atoms with Crippen LogP contribution < -0.4 is 0 Å². The van der Waals surface area contributed by atoms with Gasteiger partial charge in [-0.3, -0.25) is 0 Å². The van der Waals surface area contributed by atoms with Gasteiger partial charge in [-0.15, -0.1) is 0 Å². The van der Waals surface area contributed by atoms with Crippen LogP contribution in [0.5, 0.6) is 0 Å². The molecule has 0 saturated carbocycles. The number of aliphatic hydroxyl groups excluding tert-OH is 1. The van der Waals surface area contributed by atoms with E-state index in [1.54, 1.807) is 0 Å². The third-order valence-corrected chi connectivity index (χ3v) is 3.47. The van der Waals surface area contributed by atoms with Gasteiger partial charge in [-0.1, -0.05) is 33.6 Å². The van der Waals surface area contributed by atoms with Gasteiger partial charge in [0, 0.05) is 19.8 Å². The van der Waals surface area contributed by atoms with Gasteiger partial charge in [-0.25, -0.2) is 0 Å². The molecule has 0 aromatic heterocycles. The molecule has 1 N–H and O–H groups in total. The van der Waals surface area contributed by atoms with Crippen LogP contribution in [0, 0.1) is 5.41 Å². The lowest BCUT2D eigenvalue weighted by Crippen LogP contribution is -2.23. The molecule has 0 amide bonds. The molecule has 20 heavy (non-hydrogen) atoms. The van der Waals surface area contributed by atoms with Gasteiger partial charge >= 0.3 is 0 Å². The van der Waals surface area contributed by atoms with E-state index >= 15 is 0 Å². The number of hydrogen-bond donors (Lipinski definition) is 1. The van der Waals surface area contributed by atoms with Crippen LogP contribution in [0.15, 0.2) is 0 Å². The molecule has 122 valence electrons. The van der Waals surface area contributed by atoms with Crippen molar-refractivity contribution >= 4 is 0 Å². The van der Waals surface area contributed by atoms with Crippen molar-refractivity contribution in [2.45, 2.75) is 52.9 Å². The maximum Gasteiger partial charge on any atom is 0.0701 e. The van der Waals surface area contributed by atoms with E-state index in [4.69, 9.17) is 14.2 Å². The van der Waals surface area contributed by atoms with Gasteiger partial charge in [-0.05, 0) is 24.7 Å². The van der Waals surface area contributed by atoms with Crippen LogP contribution >= 0.6 is 0 Å².